The van der Waals surface area contributed by atoms with Gasteiger partial charge in [-0.15, -0.1) is 0 Å². The Morgan fingerprint density at radius 1 is 1.58 bits per heavy atom. The summed E-state index contributed by atoms with van der Waals surface area (Å²) in [6, 6.07) is 1.40. The number of amides is 1. The molecule has 0 radical (unpaired) electrons. The van der Waals surface area contributed by atoms with Gasteiger partial charge in [0.1, 0.15) is 0 Å². The molecule has 1 aromatic rings. The second-order valence-corrected chi connectivity index (χ2v) is 3.96. The Balaban J connectivity index is 2.87. The molecule has 0 spiro atoms. The van der Waals surface area contributed by atoms with Crippen LogP contribution < -0.4 is 5.32 Å². The summed E-state index contributed by atoms with van der Waals surface area (Å²) in [6.45, 7) is 2.21. The Morgan fingerprint density at radius 2 is 2.32 bits per heavy atom. The summed E-state index contributed by atoms with van der Waals surface area (Å²) in [7, 11) is 1.55. The first-order valence-electron chi connectivity index (χ1n) is 5.69. The van der Waals surface area contributed by atoms with E-state index in [4.69, 9.17) is 9.84 Å². The first-order chi connectivity index (χ1) is 9.04. The SMILES string of the molecule is COCC(C)NC(=O)c1ccncc1C=CC(=O)O. The first-order valence-corrected chi connectivity index (χ1v) is 5.69. The van der Waals surface area contributed by atoms with Crippen molar-refractivity contribution in [3.63, 3.8) is 0 Å². The number of carbonyl (C=O) groups is 2. The highest BCUT2D eigenvalue weighted by Crippen LogP contribution is 2.09. The molecule has 102 valence electrons. The monoisotopic (exact) mass is 264 g/mol. The molecule has 0 bridgehead atoms. The van der Waals surface area contributed by atoms with Crippen molar-refractivity contribution < 1.29 is 19.4 Å². The number of nitrogens with zero attached hydrogens (tertiary/aromatic N) is 1. The number of methoxy groups -OCH3 is 1. The molecule has 19 heavy (non-hydrogen) atoms. The smallest absolute Gasteiger partial charge is 0.328 e. The van der Waals surface area contributed by atoms with E-state index >= 15 is 0 Å². The Morgan fingerprint density at radius 3 is 2.95 bits per heavy atom. The third-order valence-electron chi connectivity index (χ3n) is 2.30. The molecule has 0 saturated carbocycles. The predicted molar refractivity (Wildman–Crippen MR) is 69.7 cm³/mol. The molecule has 1 aromatic heterocycles. The van der Waals surface area contributed by atoms with Gasteiger partial charge < -0.3 is 15.2 Å². The summed E-state index contributed by atoms with van der Waals surface area (Å²) < 4.78 is 4.93. The summed E-state index contributed by atoms with van der Waals surface area (Å²) in [4.78, 5) is 26.4. The minimum absolute atomic E-state index is 0.137. The number of aliphatic carboxylic acids is 1. The molecule has 0 fully saturated rings. The van der Waals surface area contributed by atoms with Gasteiger partial charge in [0.2, 0.25) is 0 Å². The lowest BCUT2D eigenvalue weighted by Crippen LogP contribution is -2.35. The highest BCUT2D eigenvalue weighted by Gasteiger charge is 2.12. The number of carboxylic acids is 1. The van der Waals surface area contributed by atoms with E-state index in [1.807, 2.05) is 6.92 Å². The minimum atomic E-state index is -1.08. The summed E-state index contributed by atoms with van der Waals surface area (Å²) in [5.41, 5.74) is 0.822. The third kappa shape index (κ3) is 4.89. The van der Waals surface area contributed by atoms with Crippen molar-refractivity contribution >= 4 is 18.0 Å². The molecule has 1 rings (SSSR count). The minimum Gasteiger partial charge on any atom is -0.478 e. The van der Waals surface area contributed by atoms with E-state index in [1.54, 1.807) is 7.11 Å². The fourth-order valence-corrected chi connectivity index (χ4v) is 1.50. The van der Waals surface area contributed by atoms with Gasteiger partial charge in [-0.05, 0) is 19.1 Å². The molecule has 6 nitrogen and oxygen atoms in total. The van der Waals surface area contributed by atoms with Gasteiger partial charge in [0.05, 0.1) is 6.61 Å². The van der Waals surface area contributed by atoms with Crippen molar-refractivity contribution in [2.45, 2.75) is 13.0 Å². The van der Waals surface area contributed by atoms with E-state index in [0.29, 0.717) is 17.7 Å². The molecule has 6 heteroatoms. The Labute approximate surface area is 111 Å². The lowest BCUT2D eigenvalue weighted by molar-refractivity contribution is -0.131. The number of rotatable bonds is 6. The van der Waals surface area contributed by atoms with E-state index < -0.39 is 5.97 Å². The highest BCUT2D eigenvalue weighted by molar-refractivity contribution is 5.98. The fourth-order valence-electron chi connectivity index (χ4n) is 1.50. The number of aromatic nitrogens is 1. The molecule has 0 aromatic carbocycles. The van der Waals surface area contributed by atoms with Gasteiger partial charge >= 0.3 is 5.97 Å². The average molecular weight is 264 g/mol. The number of carbonyl (C=O) groups excluding carboxylic acids is 1. The van der Waals surface area contributed by atoms with E-state index in [1.165, 1.54) is 24.5 Å². The van der Waals surface area contributed by atoms with Crippen molar-refractivity contribution in [1.29, 1.82) is 0 Å². The van der Waals surface area contributed by atoms with Crippen LogP contribution in [0.4, 0.5) is 0 Å². The maximum atomic E-state index is 12.0. The summed E-state index contributed by atoms with van der Waals surface area (Å²) in [5.74, 6) is -1.38. The van der Waals surface area contributed by atoms with Gasteiger partial charge in [0, 0.05) is 42.7 Å². The molecule has 0 aliphatic heterocycles. The molecule has 1 heterocycles. The van der Waals surface area contributed by atoms with Gasteiger partial charge in [0.25, 0.3) is 5.91 Å². The summed E-state index contributed by atoms with van der Waals surface area (Å²) >= 11 is 0. The van der Waals surface area contributed by atoms with Crippen molar-refractivity contribution in [2.24, 2.45) is 0 Å². The van der Waals surface area contributed by atoms with Crippen LogP contribution >= 0.6 is 0 Å². The molecule has 1 unspecified atom stereocenters. The van der Waals surface area contributed by atoms with Crippen LogP contribution in [0.15, 0.2) is 24.5 Å². The van der Waals surface area contributed by atoms with Crippen LogP contribution in [0, 0.1) is 0 Å². The second kappa shape index (κ2) is 7.27. The number of ether oxygens (including phenoxy) is 1. The standard InChI is InChI=1S/C13H16N2O4/c1-9(8-19-2)15-13(18)11-5-6-14-7-10(11)3-4-12(16)17/h3-7,9H,8H2,1-2H3,(H,15,18)(H,16,17). The first kappa shape index (κ1) is 14.8. The molecule has 0 aliphatic rings. The number of pyridine rings is 1. The third-order valence-corrected chi connectivity index (χ3v) is 2.30. The molecule has 1 amide bonds. The Hall–Kier alpha value is -2.21. The maximum absolute atomic E-state index is 12.0. The van der Waals surface area contributed by atoms with Crippen molar-refractivity contribution in [1.82, 2.24) is 10.3 Å². The van der Waals surface area contributed by atoms with Crippen molar-refractivity contribution in [2.75, 3.05) is 13.7 Å². The fraction of sp³-hybridized carbons (Fsp3) is 0.308. The van der Waals surface area contributed by atoms with E-state index in [9.17, 15) is 9.59 Å². The summed E-state index contributed by atoms with van der Waals surface area (Å²) in [6.07, 6.45) is 5.22. The van der Waals surface area contributed by atoms with Gasteiger partial charge in [-0.2, -0.15) is 0 Å². The normalized spacial score (nSPS) is 12.3. The van der Waals surface area contributed by atoms with Crippen LogP contribution in [0.3, 0.4) is 0 Å². The molecule has 1 atom stereocenters. The van der Waals surface area contributed by atoms with E-state index in [2.05, 4.69) is 10.3 Å². The van der Waals surface area contributed by atoms with Gasteiger partial charge in [-0.25, -0.2) is 4.79 Å². The van der Waals surface area contributed by atoms with Crippen LogP contribution in [0.5, 0.6) is 0 Å². The molecular formula is C13H16N2O4. The zero-order valence-corrected chi connectivity index (χ0v) is 10.8. The van der Waals surface area contributed by atoms with Crippen LogP contribution in [0.1, 0.15) is 22.8 Å². The molecule has 0 aliphatic carbocycles. The largest absolute Gasteiger partial charge is 0.478 e. The maximum Gasteiger partial charge on any atom is 0.328 e. The van der Waals surface area contributed by atoms with Crippen LogP contribution in [-0.2, 0) is 9.53 Å². The predicted octanol–water partition coefficient (Wildman–Crippen LogP) is 0.944. The number of nitrogens with one attached hydrogen (secondary N) is 1. The van der Waals surface area contributed by atoms with E-state index in [0.717, 1.165) is 6.08 Å². The number of hydrogen-bond donors (Lipinski definition) is 2. The molecule has 0 saturated heterocycles. The van der Waals surface area contributed by atoms with Crippen molar-refractivity contribution in [3.05, 3.63) is 35.7 Å². The number of hydrogen-bond acceptors (Lipinski definition) is 4. The summed E-state index contributed by atoms with van der Waals surface area (Å²) in [5, 5.41) is 11.3. The van der Waals surface area contributed by atoms with Gasteiger partial charge in [0.15, 0.2) is 0 Å². The van der Waals surface area contributed by atoms with Crippen molar-refractivity contribution in [3.8, 4) is 0 Å². The Kier molecular flexibility index (Phi) is 5.69. The second-order valence-electron chi connectivity index (χ2n) is 3.96. The topological polar surface area (TPSA) is 88.5 Å². The quantitative estimate of drug-likeness (QED) is 0.747. The lowest BCUT2D eigenvalue weighted by Gasteiger charge is -2.13. The number of carboxylic acid groups (broad SMARTS) is 1. The zero-order valence-electron chi connectivity index (χ0n) is 10.8. The van der Waals surface area contributed by atoms with Gasteiger partial charge in [-0.3, -0.25) is 9.78 Å². The zero-order chi connectivity index (χ0) is 14.3. The average Bonchev–Trinajstić information content (AvgIpc) is 2.36. The Bertz CT molecular complexity index is 485. The van der Waals surface area contributed by atoms with Gasteiger partial charge in [-0.1, -0.05) is 0 Å². The van der Waals surface area contributed by atoms with E-state index in [-0.39, 0.29) is 11.9 Å². The molecule has 2 N–H and O–H groups in total. The lowest BCUT2D eigenvalue weighted by atomic mass is 10.1. The van der Waals surface area contributed by atoms with Crippen LogP contribution in [0.25, 0.3) is 6.08 Å². The van der Waals surface area contributed by atoms with Crippen LogP contribution in [-0.4, -0.2) is 41.7 Å². The highest BCUT2D eigenvalue weighted by atomic mass is 16.5. The van der Waals surface area contributed by atoms with Crippen LogP contribution in [0.2, 0.25) is 0 Å². The molecular weight excluding hydrogens is 248 g/mol.